The van der Waals surface area contributed by atoms with Crippen molar-refractivity contribution < 1.29 is 19.1 Å². The third-order valence-corrected chi connectivity index (χ3v) is 11.9. The van der Waals surface area contributed by atoms with Crippen LogP contribution in [0.1, 0.15) is 41.5 Å². The lowest BCUT2D eigenvalue weighted by Crippen LogP contribution is -2.45. The number of rotatable bonds is 8. The maximum Gasteiger partial charge on any atom is 0.339 e. The van der Waals surface area contributed by atoms with E-state index < -0.39 is 0 Å². The molecule has 2 aromatic rings. The van der Waals surface area contributed by atoms with Crippen molar-refractivity contribution in [3.05, 3.63) is 56.8 Å². The number of carbonyl (C=O) groups is 2. The van der Waals surface area contributed by atoms with Crippen LogP contribution in [0.3, 0.4) is 0 Å². The Kier molecular flexibility index (Phi) is 13.2. The lowest BCUT2D eigenvalue weighted by molar-refractivity contribution is 0.0263. The first kappa shape index (κ1) is 30.9. The molecule has 0 aromatic heterocycles. The molecule has 2 rings (SSSR count). The van der Waals surface area contributed by atoms with Crippen molar-refractivity contribution >= 4 is 147 Å². The van der Waals surface area contributed by atoms with Crippen molar-refractivity contribution in [1.29, 1.82) is 0 Å². The molecule has 5 nitrogen and oxygen atoms in total. The van der Waals surface area contributed by atoms with Crippen LogP contribution in [0.5, 0.6) is 0 Å². The predicted molar refractivity (Wildman–Crippen MR) is 181 cm³/mol. The molecule has 0 atom stereocenters. The van der Waals surface area contributed by atoms with Gasteiger partial charge in [-0.15, -0.1) is 0 Å². The van der Waals surface area contributed by atoms with E-state index in [1.54, 1.807) is 0 Å². The fraction of sp³-hybridized carbons (Fsp3) is 0.364. The Morgan fingerprint density at radius 3 is 1.42 bits per heavy atom. The number of benzene rings is 2. The van der Waals surface area contributed by atoms with E-state index in [0.717, 1.165) is 21.4 Å². The highest BCUT2D eigenvalue weighted by Crippen LogP contribution is 2.25. The largest absolute Gasteiger partial charge is 0.461 e. The van der Waals surface area contributed by atoms with E-state index in [4.69, 9.17) is 9.47 Å². The third kappa shape index (κ3) is 9.51. The van der Waals surface area contributed by atoms with Gasteiger partial charge in [0.1, 0.15) is 13.2 Å². The van der Waals surface area contributed by atoms with Crippen molar-refractivity contribution in [1.82, 2.24) is 4.90 Å². The fourth-order valence-electron chi connectivity index (χ4n) is 2.84. The monoisotopic (exact) mass is 1120 g/mol. The van der Waals surface area contributed by atoms with Crippen LogP contribution in [0, 0.1) is 21.4 Å². The van der Waals surface area contributed by atoms with Crippen LogP contribution < -0.4 is 0 Å². The van der Waals surface area contributed by atoms with E-state index in [-0.39, 0.29) is 30.7 Å². The quantitative estimate of drug-likeness (QED) is 0.157. The van der Waals surface area contributed by atoms with Crippen LogP contribution in [0.4, 0.5) is 0 Å². The maximum atomic E-state index is 12.6. The zero-order valence-electron chi connectivity index (χ0n) is 18.0. The zero-order chi connectivity index (χ0) is 24.9. The number of hydrogen-bond acceptors (Lipinski definition) is 5. The summed E-state index contributed by atoms with van der Waals surface area (Å²) in [6.45, 7) is 7.88. The van der Waals surface area contributed by atoms with Gasteiger partial charge in [-0.05, 0) is 181 Å². The average molecular weight is 1120 g/mol. The fourth-order valence-corrected chi connectivity index (χ4v) is 7.60. The minimum absolute atomic E-state index is 0.170. The molecule has 0 saturated heterocycles. The van der Waals surface area contributed by atoms with Gasteiger partial charge in [0.05, 0.1) is 11.1 Å². The molecule has 0 fully saturated rings. The zero-order valence-corrected chi connectivity index (χ0v) is 30.9. The Bertz CT molecular complexity index is 963. The van der Waals surface area contributed by atoms with Crippen molar-refractivity contribution in [2.45, 2.75) is 26.3 Å². The van der Waals surface area contributed by atoms with Crippen LogP contribution in [-0.4, -0.2) is 48.7 Å². The van der Waals surface area contributed by atoms with Gasteiger partial charge in [-0.25, -0.2) is 9.59 Å². The molecule has 0 bridgehead atoms. The van der Waals surface area contributed by atoms with Crippen LogP contribution in [0.25, 0.3) is 0 Å². The molecule has 0 N–H and O–H groups in total. The first-order chi connectivity index (χ1) is 15.3. The Labute approximate surface area is 276 Å². The number of ether oxygens (including phenoxy) is 2. The molecule has 2 aromatic carbocycles. The van der Waals surface area contributed by atoms with Gasteiger partial charge in [-0.1, -0.05) is 0 Å². The van der Waals surface area contributed by atoms with Gasteiger partial charge in [0.15, 0.2) is 0 Å². The summed E-state index contributed by atoms with van der Waals surface area (Å²) in [6, 6.07) is 7.75. The molecule has 0 radical (unpaired) electrons. The maximum absolute atomic E-state index is 12.6. The second-order valence-corrected chi connectivity index (χ2v) is 14.9. The van der Waals surface area contributed by atoms with Gasteiger partial charge in [0.2, 0.25) is 0 Å². The van der Waals surface area contributed by atoms with Gasteiger partial charge >= 0.3 is 11.9 Å². The Hall–Kier alpha value is 1.72. The van der Waals surface area contributed by atoms with E-state index in [1.165, 1.54) is 0 Å². The summed E-state index contributed by atoms with van der Waals surface area (Å²) in [5, 5.41) is 0. The molecule has 0 spiro atoms. The van der Waals surface area contributed by atoms with Gasteiger partial charge in [-0.3, -0.25) is 4.90 Å². The molecule has 0 aliphatic carbocycles. The SMILES string of the molecule is CC(C)(C)N(CCOC(=O)c1cc(I)cc(I)c1I)CCOC(=O)c1cc(I)cc(I)c1I. The van der Waals surface area contributed by atoms with Crippen LogP contribution >= 0.6 is 136 Å². The minimum atomic E-state index is -0.320. The molecular formula is C22H21I6NO4. The normalized spacial score (nSPS) is 11.6. The number of hydrogen-bond donors (Lipinski definition) is 0. The highest BCUT2D eigenvalue weighted by molar-refractivity contribution is 14.1. The second kappa shape index (κ2) is 14.0. The number of carbonyl (C=O) groups excluding carboxylic acids is 2. The minimum Gasteiger partial charge on any atom is -0.461 e. The predicted octanol–water partition coefficient (Wildman–Crippen LogP) is 7.43. The number of halogens is 6. The summed E-state index contributed by atoms with van der Waals surface area (Å²) in [6.07, 6.45) is 0. The summed E-state index contributed by atoms with van der Waals surface area (Å²) in [7, 11) is 0. The van der Waals surface area contributed by atoms with Crippen LogP contribution in [-0.2, 0) is 9.47 Å². The average Bonchev–Trinajstić information content (AvgIpc) is 2.70. The first-order valence-electron chi connectivity index (χ1n) is 9.69. The summed E-state index contributed by atoms with van der Waals surface area (Å²) in [5.41, 5.74) is 1.01. The lowest BCUT2D eigenvalue weighted by atomic mass is 10.1. The summed E-state index contributed by atoms with van der Waals surface area (Å²) >= 11 is 13.2. The van der Waals surface area contributed by atoms with E-state index in [9.17, 15) is 9.59 Å². The third-order valence-electron chi connectivity index (χ3n) is 4.56. The van der Waals surface area contributed by atoms with Gasteiger partial charge in [0.25, 0.3) is 0 Å². The first-order valence-corrected chi connectivity index (χ1v) is 16.2. The molecule has 11 heteroatoms. The number of esters is 2. The Balaban J connectivity index is 1.94. The van der Waals surface area contributed by atoms with E-state index in [1.807, 2.05) is 24.3 Å². The van der Waals surface area contributed by atoms with Gasteiger partial charge in [-0.2, -0.15) is 0 Å². The second-order valence-electron chi connectivity index (χ2n) is 7.93. The molecule has 0 heterocycles. The topological polar surface area (TPSA) is 55.8 Å². The molecule has 33 heavy (non-hydrogen) atoms. The highest BCUT2D eigenvalue weighted by atomic mass is 127. The van der Waals surface area contributed by atoms with Gasteiger partial charge in [0, 0.05) is 40.0 Å². The molecule has 0 unspecified atom stereocenters. The lowest BCUT2D eigenvalue weighted by Gasteiger charge is -2.35. The highest BCUT2D eigenvalue weighted by Gasteiger charge is 2.23. The molecule has 0 saturated carbocycles. The summed E-state index contributed by atoms with van der Waals surface area (Å²) < 4.78 is 17.0. The van der Waals surface area contributed by atoms with Crippen molar-refractivity contribution in [3.8, 4) is 0 Å². The summed E-state index contributed by atoms with van der Waals surface area (Å²) in [5.74, 6) is -0.641. The van der Waals surface area contributed by atoms with E-state index >= 15 is 0 Å². The molecule has 0 aliphatic heterocycles. The summed E-state index contributed by atoms with van der Waals surface area (Å²) in [4.78, 5) is 27.4. The smallest absolute Gasteiger partial charge is 0.339 e. The Morgan fingerprint density at radius 1 is 0.727 bits per heavy atom. The van der Waals surface area contributed by atoms with Crippen molar-refractivity contribution in [2.75, 3.05) is 26.3 Å². The molecular weight excluding hydrogens is 1100 g/mol. The molecule has 0 aliphatic rings. The van der Waals surface area contributed by atoms with Gasteiger partial charge < -0.3 is 9.47 Å². The van der Waals surface area contributed by atoms with E-state index in [2.05, 4.69) is 161 Å². The number of nitrogens with zero attached hydrogens (tertiary/aromatic N) is 1. The molecule has 0 amide bonds. The van der Waals surface area contributed by atoms with Crippen LogP contribution in [0.15, 0.2) is 24.3 Å². The van der Waals surface area contributed by atoms with Crippen LogP contribution in [0.2, 0.25) is 0 Å². The Morgan fingerprint density at radius 2 is 1.09 bits per heavy atom. The standard InChI is InChI=1S/C22H21I6NO4/c1-22(2,3)29(4-6-32-20(30)14-8-12(23)10-16(25)18(14)27)5-7-33-21(31)15-9-13(24)11-17(26)19(15)28/h8-11H,4-7H2,1-3H3. The van der Waals surface area contributed by atoms with Crippen molar-refractivity contribution in [3.63, 3.8) is 0 Å². The van der Waals surface area contributed by atoms with Crippen molar-refractivity contribution in [2.24, 2.45) is 0 Å². The molecule has 180 valence electrons. The van der Waals surface area contributed by atoms with E-state index in [0.29, 0.717) is 24.2 Å².